The van der Waals surface area contributed by atoms with Crippen molar-refractivity contribution in [2.45, 2.75) is 20.0 Å². The largest absolute Gasteiger partial charge is 0.484 e. The van der Waals surface area contributed by atoms with Crippen LogP contribution in [-0.4, -0.2) is 22.3 Å². The average Bonchev–Trinajstić information content (AvgIpc) is 2.69. The average molecular weight is 361 g/mol. The molecule has 27 heavy (non-hydrogen) atoms. The fraction of sp³-hybridized carbons (Fsp3) is 0.190. The summed E-state index contributed by atoms with van der Waals surface area (Å²) in [7, 11) is 0. The van der Waals surface area contributed by atoms with Gasteiger partial charge in [-0.05, 0) is 25.1 Å². The highest BCUT2D eigenvalue weighted by atomic mass is 16.5. The first-order valence-corrected chi connectivity index (χ1v) is 8.47. The van der Waals surface area contributed by atoms with Crippen LogP contribution in [0, 0.1) is 19.3 Å². The highest BCUT2D eigenvalue weighted by Gasteiger charge is 2.11. The first-order chi connectivity index (χ1) is 13.1. The van der Waals surface area contributed by atoms with Crippen LogP contribution in [-0.2, 0) is 17.9 Å². The van der Waals surface area contributed by atoms with Crippen molar-refractivity contribution in [1.29, 1.82) is 0 Å². The van der Waals surface area contributed by atoms with Gasteiger partial charge >= 0.3 is 0 Å². The van der Waals surface area contributed by atoms with Crippen molar-refractivity contribution < 1.29 is 9.53 Å². The lowest BCUT2D eigenvalue weighted by Crippen LogP contribution is -2.31. The number of nitrogens with one attached hydrogen (secondary N) is 1. The summed E-state index contributed by atoms with van der Waals surface area (Å²) in [5.74, 6) is 2.76. The van der Waals surface area contributed by atoms with Gasteiger partial charge in [-0.2, -0.15) is 5.10 Å². The van der Waals surface area contributed by atoms with Crippen LogP contribution in [0.1, 0.15) is 11.3 Å². The van der Waals surface area contributed by atoms with Crippen molar-refractivity contribution >= 4 is 16.7 Å². The summed E-state index contributed by atoms with van der Waals surface area (Å²) in [6, 6.07) is 14.6. The molecule has 2 aromatic carbocycles. The lowest BCUT2D eigenvalue weighted by atomic mass is 10.1. The van der Waals surface area contributed by atoms with Crippen LogP contribution < -0.4 is 15.6 Å². The fourth-order valence-corrected chi connectivity index (χ4v) is 2.65. The molecule has 6 nitrogen and oxygen atoms in total. The summed E-state index contributed by atoms with van der Waals surface area (Å²) >= 11 is 0. The highest BCUT2D eigenvalue weighted by Crippen LogP contribution is 2.13. The topological polar surface area (TPSA) is 73.2 Å². The molecule has 0 spiro atoms. The van der Waals surface area contributed by atoms with Gasteiger partial charge in [-0.15, -0.1) is 6.42 Å². The van der Waals surface area contributed by atoms with Crippen molar-refractivity contribution in [2.75, 3.05) is 6.61 Å². The number of terminal acetylenes is 1. The maximum Gasteiger partial charge on any atom is 0.275 e. The minimum absolute atomic E-state index is 0.0706. The van der Waals surface area contributed by atoms with E-state index in [0.29, 0.717) is 22.2 Å². The zero-order valence-electron chi connectivity index (χ0n) is 14.9. The zero-order valence-corrected chi connectivity index (χ0v) is 14.9. The van der Waals surface area contributed by atoms with E-state index in [1.807, 2.05) is 37.3 Å². The molecule has 0 aliphatic rings. The van der Waals surface area contributed by atoms with Gasteiger partial charge in [0.05, 0.1) is 17.6 Å². The van der Waals surface area contributed by atoms with Crippen molar-refractivity contribution in [3.05, 3.63) is 70.1 Å². The quantitative estimate of drug-likeness (QED) is 0.682. The van der Waals surface area contributed by atoms with Gasteiger partial charge in [0.25, 0.3) is 11.5 Å². The van der Waals surface area contributed by atoms with Crippen LogP contribution in [0.5, 0.6) is 5.75 Å². The number of benzene rings is 2. The van der Waals surface area contributed by atoms with Gasteiger partial charge in [0.15, 0.2) is 6.61 Å². The fourth-order valence-electron chi connectivity index (χ4n) is 2.65. The molecular formula is C21H19N3O3. The summed E-state index contributed by atoms with van der Waals surface area (Å²) in [6.45, 7) is 2.11. The summed E-state index contributed by atoms with van der Waals surface area (Å²) < 4.78 is 6.69. The van der Waals surface area contributed by atoms with Crippen LogP contribution in [0.15, 0.2) is 53.3 Å². The second-order valence-electron chi connectivity index (χ2n) is 6.04. The third-order valence-electron chi connectivity index (χ3n) is 4.03. The molecule has 6 heteroatoms. The van der Waals surface area contributed by atoms with Gasteiger partial charge in [-0.1, -0.05) is 41.8 Å². The molecule has 0 aliphatic carbocycles. The number of hydrogen-bond acceptors (Lipinski definition) is 4. The Morgan fingerprint density at radius 2 is 1.89 bits per heavy atom. The Balaban J connectivity index is 1.71. The monoisotopic (exact) mass is 361 g/mol. The van der Waals surface area contributed by atoms with E-state index in [2.05, 4.69) is 16.3 Å². The lowest BCUT2D eigenvalue weighted by Gasteiger charge is -2.11. The standard InChI is InChI=1S/C21H19N3O3/c1-3-12-24-21(26)18-7-5-4-6-17(18)19(23-24)13-22-20(25)14-27-16-10-8-15(2)9-11-16/h1,4-11H,12-14H2,2H3,(H,22,25). The number of carbonyl (C=O) groups excluding carboxylic acids is 1. The zero-order chi connectivity index (χ0) is 19.2. The van der Waals surface area contributed by atoms with E-state index in [-0.39, 0.29) is 31.2 Å². The van der Waals surface area contributed by atoms with E-state index >= 15 is 0 Å². The molecule has 3 aromatic rings. The number of carbonyl (C=O) groups is 1. The number of fused-ring (bicyclic) bond motifs is 1. The van der Waals surface area contributed by atoms with E-state index < -0.39 is 0 Å². The van der Waals surface area contributed by atoms with Crippen LogP contribution in [0.3, 0.4) is 0 Å². The van der Waals surface area contributed by atoms with Crippen LogP contribution in [0.4, 0.5) is 0 Å². The van der Waals surface area contributed by atoms with E-state index in [9.17, 15) is 9.59 Å². The maximum atomic E-state index is 12.4. The summed E-state index contributed by atoms with van der Waals surface area (Å²) in [5, 5.41) is 8.27. The Hall–Kier alpha value is -3.59. The molecule has 1 aromatic heterocycles. The first kappa shape index (κ1) is 18.2. The van der Waals surface area contributed by atoms with Gasteiger partial charge < -0.3 is 10.1 Å². The molecule has 0 saturated heterocycles. The van der Waals surface area contributed by atoms with Crippen molar-refractivity contribution in [1.82, 2.24) is 15.1 Å². The molecule has 0 bridgehead atoms. The van der Waals surface area contributed by atoms with Gasteiger partial charge in [0, 0.05) is 5.39 Å². The SMILES string of the molecule is C#CCn1nc(CNC(=O)COc2ccc(C)cc2)c2ccccc2c1=O. The van der Waals surface area contributed by atoms with Gasteiger partial charge in [0.1, 0.15) is 12.3 Å². The Morgan fingerprint density at radius 1 is 1.19 bits per heavy atom. The summed E-state index contributed by atoms with van der Waals surface area (Å²) in [6.07, 6.45) is 5.31. The number of amides is 1. The minimum atomic E-state index is -0.281. The molecule has 1 N–H and O–H groups in total. The number of ether oxygens (including phenoxy) is 1. The molecule has 136 valence electrons. The van der Waals surface area contributed by atoms with E-state index in [1.54, 1.807) is 18.2 Å². The van der Waals surface area contributed by atoms with Gasteiger partial charge in [0.2, 0.25) is 0 Å². The predicted molar refractivity (Wildman–Crippen MR) is 103 cm³/mol. The molecule has 0 aliphatic heterocycles. The number of aromatic nitrogens is 2. The molecule has 1 amide bonds. The number of hydrogen-bond donors (Lipinski definition) is 1. The normalized spacial score (nSPS) is 10.4. The molecule has 0 fully saturated rings. The second-order valence-corrected chi connectivity index (χ2v) is 6.04. The molecule has 1 heterocycles. The van der Waals surface area contributed by atoms with Crippen molar-refractivity contribution in [3.63, 3.8) is 0 Å². The molecule has 0 saturated carbocycles. The van der Waals surface area contributed by atoms with E-state index in [0.717, 1.165) is 5.56 Å². The third-order valence-corrected chi connectivity index (χ3v) is 4.03. The van der Waals surface area contributed by atoms with Crippen molar-refractivity contribution in [2.24, 2.45) is 0 Å². The Kier molecular flexibility index (Phi) is 5.53. The molecular weight excluding hydrogens is 342 g/mol. The highest BCUT2D eigenvalue weighted by molar-refractivity contribution is 5.84. The molecule has 3 rings (SSSR count). The van der Waals surface area contributed by atoms with Gasteiger partial charge in [-0.3, -0.25) is 9.59 Å². The molecule has 0 unspecified atom stereocenters. The summed E-state index contributed by atoms with van der Waals surface area (Å²) in [5.41, 5.74) is 1.44. The predicted octanol–water partition coefficient (Wildman–Crippen LogP) is 2.03. The molecule has 0 radical (unpaired) electrons. The van der Waals surface area contributed by atoms with Gasteiger partial charge in [-0.25, -0.2) is 4.68 Å². The second kappa shape index (κ2) is 8.19. The number of rotatable bonds is 6. The number of nitrogens with zero attached hydrogens (tertiary/aromatic N) is 2. The lowest BCUT2D eigenvalue weighted by molar-refractivity contribution is -0.123. The van der Waals surface area contributed by atoms with E-state index in [4.69, 9.17) is 11.2 Å². The van der Waals surface area contributed by atoms with E-state index in [1.165, 1.54) is 4.68 Å². The smallest absolute Gasteiger partial charge is 0.275 e. The first-order valence-electron chi connectivity index (χ1n) is 8.47. The van der Waals surface area contributed by atoms with Crippen LogP contribution >= 0.6 is 0 Å². The summed E-state index contributed by atoms with van der Waals surface area (Å²) in [4.78, 5) is 24.5. The molecule has 0 atom stereocenters. The maximum absolute atomic E-state index is 12.4. The Morgan fingerprint density at radius 3 is 2.59 bits per heavy atom. The Labute approximate surface area is 156 Å². The van der Waals surface area contributed by atoms with Crippen molar-refractivity contribution in [3.8, 4) is 18.1 Å². The Bertz CT molecular complexity index is 1060. The number of aryl methyl sites for hydroxylation is 1. The minimum Gasteiger partial charge on any atom is -0.484 e. The van der Waals surface area contributed by atoms with Crippen LogP contribution in [0.2, 0.25) is 0 Å². The third kappa shape index (κ3) is 4.33. The van der Waals surface area contributed by atoms with Crippen LogP contribution in [0.25, 0.3) is 10.8 Å².